The molecule has 0 saturated heterocycles. The van der Waals surface area contributed by atoms with E-state index in [9.17, 15) is 5.26 Å². The molecule has 1 N–H and O–H groups in total. The lowest BCUT2D eigenvalue weighted by molar-refractivity contribution is 0.265. The van der Waals surface area contributed by atoms with E-state index in [-0.39, 0.29) is 18.3 Å². The molecule has 1 aromatic heterocycles. The molecule has 0 aliphatic rings. The van der Waals surface area contributed by atoms with Crippen LogP contribution in [0.2, 0.25) is 5.02 Å². The van der Waals surface area contributed by atoms with E-state index in [4.69, 9.17) is 20.8 Å². The van der Waals surface area contributed by atoms with Crippen molar-refractivity contribution in [2.45, 2.75) is 19.6 Å². The molecule has 25 heavy (non-hydrogen) atoms. The summed E-state index contributed by atoms with van der Waals surface area (Å²) in [4.78, 5) is 4.16. The Morgan fingerprint density at radius 2 is 1.92 bits per heavy atom. The maximum Gasteiger partial charge on any atom is 0.236 e. The predicted octanol–water partition coefficient (Wildman–Crippen LogP) is 4.95. The fourth-order valence-electron chi connectivity index (χ4n) is 2.32. The zero-order chi connectivity index (χ0) is 17.6. The smallest absolute Gasteiger partial charge is 0.236 e. The molecule has 0 saturated carbocycles. The minimum atomic E-state index is -0.0291. The van der Waals surface area contributed by atoms with Crippen molar-refractivity contribution in [1.29, 1.82) is 5.26 Å². The third-order valence-electron chi connectivity index (χ3n) is 3.61. The molecule has 1 atom stereocenters. The number of rotatable bonds is 6. The van der Waals surface area contributed by atoms with Crippen LogP contribution in [-0.4, -0.2) is 4.98 Å². The van der Waals surface area contributed by atoms with Crippen molar-refractivity contribution in [3.63, 3.8) is 0 Å². The van der Waals surface area contributed by atoms with E-state index < -0.39 is 0 Å². The van der Waals surface area contributed by atoms with Crippen LogP contribution in [-0.2, 0) is 6.61 Å². The Morgan fingerprint density at radius 3 is 2.64 bits per heavy atom. The van der Waals surface area contributed by atoms with E-state index in [0.717, 1.165) is 5.56 Å². The second-order valence-electron chi connectivity index (χ2n) is 5.39. The first-order valence-corrected chi connectivity index (χ1v) is 8.14. The molecule has 3 aromatic rings. The second kappa shape index (κ2) is 7.73. The number of anilines is 1. The molecule has 1 heterocycles. The van der Waals surface area contributed by atoms with Gasteiger partial charge in [-0.15, -0.1) is 0 Å². The lowest BCUT2D eigenvalue weighted by atomic mass is 10.1. The quantitative estimate of drug-likeness (QED) is 0.678. The van der Waals surface area contributed by atoms with Gasteiger partial charge in [-0.25, -0.2) is 0 Å². The van der Waals surface area contributed by atoms with Crippen LogP contribution in [0.1, 0.15) is 30.1 Å². The first-order chi connectivity index (χ1) is 12.2. The Morgan fingerprint density at radius 1 is 1.20 bits per heavy atom. The molecule has 0 amide bonds. The van der Waals surface area contributed by atoms with Crippen LogP contribution in [0.5, 0.6) is 5.75 Å². The largest absolute Gasteiger partial charge is 0.482 e. The van der Waals surface area contributed by atoms with Crippen LogP contribution in [0.3, 0.4) is 0 Å². The van der Waals surface area contributed by atoms with E-state index in [1.165, 1.54) is 0 Å². The molecule has 5 nitrogen and oxygen atoms in total. The standard InChI is InChI=1S/C19H16ClN3O2/c1-13(14-7-3-2-4-8-14)22-19-16(11-21)23-18(25-19)12-24-17-10-6-5-9-15(17)20/h2-10,13,22H,12H2,1H3. The number of nitrogens with one attached hydrogen (secondary N) is 1. The third kappa shape index (κ3) is 4.11. The number of aromatic nitrogens is 1. The van der Waals surface area contributed by atoms with Gasteiger partial charge in [0.05, 0.1) is 11.1 Å². The summed E-state index contributed by atoms with van der Waals surface area (Å²) in [5.74, 6) is 1.17. The van der Waals surface area contributed by atoms with Crippen LogP contribution < -0.4 is 10.1 Å². The summed E-state index contributed by atoms with van der Waals surface area (Å²) in [5, 5.41) is 12.9. The summed E-state index contributed by atoms with van der Waals surface area (Å²) in [6, 6.07) is 19.0. The SMILES string of the molecule is CC(Nc1oc(COc2ccccc2Cl)nc1C#N)c1ccccc1. The van der Waals surface area contributed by atoms with Crippen molar-refractivity contribution in [3.05, 3.63) is 76.8 Å². The average molecular weight is 354 g/mol. The number of benzene rings is 2. The van der Waals surface area contributed by atoms with Crippen LogP contribution in [0, 0.1) is 11.3 Å². The summed E-state index contributed by atoms with van der Waals surface area (Å²) in [6.07, 6.45) is 0. The Hall–Kier alpha value is -2.97. The Labute approximate surface area is 150 Å². The van der Waals surface area contributed by atoms with E-state index in [1.807, 2.05) is 55.5 Å². The number of ether oxygens (including phenoxy) is 1. The van der Waals surface area contributed by atoms with Gasteiger partial charge in [-0.2, -0.15) is 10.2 Å². The molecular weight excluding hydrogens is 338 g/mol. The maximum absolute atomic E-state index is 9.27. The van der Waals surface area contributed by atoms with Gasteiger partial charge >= 0.3 is 0 Å². The van der Waals surface area contributed by atoms with Crippen LogP contribution in [0.15, 0.2) is 59.0 Å². The first-order valence-electron chi connectivity index (χ1n) is 7.76. The average Bonchev–Trinajstić information content (AvgIpc) is 3.03. The van der Waals surface area contributed by atoms with Crippen LogP contribution in [0.25, 0.3) is 0 Å². The van der Waals surface area contributed by atoms with Crippen molar-refractivity contribution in [3.8, 4) is 11.8 Å². The van der Waals surface area contributed by atoms with Gasteiger partial charge in [-0.05, 0) is 24.6 Å². The molecule has 6 heteroatoms. The van der Waals surface area contributed by atoms with Gasteiger partial charge in [0.15, 0.2) is 6.61 Å². The van der Waals surface area contributed by atoms with Crippen LogP contribution >= 0.6 is 11.6 Å². The molecule has 0 spiro atoms. The van der Waals surface area contributed by atoms with Crippen molar-refractivity contribution in [2.24, 2.45) is 0 Å². The molecule has 0 aliphatic carbocycles. The highest BCUT2D eigenvalue weighted by Crippen LogP contribution is 2.26. The zero-order valence-electron chi connectivity index (χ0n) is 13.6. The third-order valence-corrected chi connectivity index (χ3v) is 3.92. The number of halogens is 1. The highest BCUT2D eigenvalue weighted by molar-refractivity contribution is 6.32. The van der Waals surface area contributed by atoms with Crippen molar-refractivity contribution in [1.82, 2.24) is 4.98 Å². The topological polar surface area (TPSA) is 71.1 Å². The first kappa shape index (κ1) is 16.9. The molecule has 1 unspecified atom stereocenters. The van der Waals surface area contributed by atoms with Gasteiger partial charge in [0, 0.05) is 0 Å². The highest BCUT2D eigenvalue weighted by atomic mass is 35.5. The van der Waals surface area contributed by atoms with E-state index in [0.29, 0.717) is 22.5 Å². The Bertz CT molecular complexity index is 887. The van der Waals surface area contributed by atoms with Gasteiger partial charge in [0.1, 0.15) is 11.8 Å². The van der Waals surface area contributed by atoms with Crippen LogP contribution in [0.4, 0.5) is 5.88 Å². The highest BCUT2D eigenvalue weighted by Gasteiger charge is 2.16. The summed E-state index contributed by atoms with van der Waals surface area (Å²) in [6.45, 7) is 2.07. The minimum Gasteiger partial charge on any atom is -0.482 e. The summed E-state index contributed by atoms with van der Waals surface area (Å²) in [5.41, 5.74) is 1.28. The predicted molar refractivity (Wildman–Crippen MR) is 95.5 cm³/mol. The normalized spacial score (nSPS) is 11.6. The number of hydrogen-bond acceptors (Lipinski definition) is 5. The molecule has 126 valence electrons. The summed E-state index contributed by atoms with van der Waals surface area (Å²) < 4.78 is 11.2. The van der Waals surface area contributed by atoms with Gasteiger partial charge < -0.3 is 14.5 Å². The molecular formula is C19H16ClN3O2. The molecule has 2 aromatic carbocycles. The van der Waals surface area contributed by atoms with Gasteiger partial charge in [-0.1, -0.05) is 54.1 Å². The Kier molecular flexibility index (Phi) is 5.22. The fraction of sp³-hybridized carbons (Fsp3) is 0.158. The number of nitriles is 1. The zero-order valence-corrected chi connectivity index (χ0v) is 14.3. The summed E-state index contributed by atoms with van der Waals surface area (Å²) >= 11 is 6.05. The van der Waals surface area contributed by atoms with E-state index in [2.05, 4.69) is 10.3 Å². The monoisotopic (exact) mass is 353 g/mol. The molecule has 0 aliphatic heterocycles. The lowest BCUT2D eigenvalue weighted by Gasteiger charge is -2.13. The van der Waals surface area contributed by atoms with Crippen molar-refractivity contribution >= 4 is 17.5 Å². The fourth-order valence-corrected chi connectivity index (χ4v) is 2.51. The minimum absolute atomic E-state index is 0.0291. The molecule has 0 bridgehead atoms. The van der Waals surface area contributed by atoms with Crippen molar-refractivity contribution in [2.75, 3.05) is 5.32 Å². The summed E-state index contributed by atoms with van der Waals surface area (Å²) in [7, 11) is 0. The van der Waals surface area contributed by atoms with Crippen molar-refractivity contribution < 1.29 is 9.15 Å². The van der Waals surface area contributed by atoms with E-state index >= 15 is 0 Å². The van der Waals surface area contributed by atoms with Gasteiger partial charge in [0.25, 0.3) is 0 Å². The molecule has 3 rings (SSSR count). The molecule has 0 fully saturated rings. The maximum atomic E-state index is 9.27. The van der Waals surface area contributed by atoms with Gasteiger partial charge in [-0.3, -0.25) is 0 Å². The number of hydrogen-bond donors (Lipinski definition) is 1. The lowest BCUT2D eigenvalue weighted by Crippen LogP contribution is -2.06. The van der Waals surface area contributed by atoms with E-state index in [1.54, 1.807) is 12.1 Å². The number of oxazole rings is 1. The van der Waals surface area contributed by atoms with Gasteiger partial charge in [0.2, 0.25) is 17.5 Å². The number of nitrogens with zero attached hydrogens (tertiary/aromatic N) is 2. The number of para-hydroxylation sites is 1. The second-order valence-corrected chi connectivity index (χ2v) is 5.80. The Balaban J connectivity index is 1.71. The molecule has 0 radical (unpaired) electrons.